The third-order valence-electron chi connectivity index (χ3n) is 1.15. The summed E-state index contributed by atoms with van der Waals surface area (Å²) in [5.41, 5.74) is 0.232. The maximum absolute atomic E-state index is 12.6. The summed E-state index contributed by atoms with van der Waals surface area (Å²) in [5, 5.41) is 14.2. The number of rotatable bonds is 2. The summed E-state index contributed by atoms with van der Waals surface area (Å²) in [5.74, 6) is -2.26. The highest BCUT2D eigenvalue weighted by molar-refractivity contribution is 5.72. The lowest BCUT2D eigenvalue weighted by Gasteiger charge is -2.08. The smallest absolute Gasteiger partial charge is 0.442 e. The van der Waals surface area contributed by atoms with Crippen LogP contribution in [0, 0.1) is 6.92 Å². The lowest BCUT2D eigenvalue weighted by Crippen LogP contribution is -2.33. The molecule has 1 heterocycles. The summed E-state index contributed by atoms with van der Waals surface area (Å²) >= 11 is 0. The SMILES string of the molecule is Cc1cn(C(F)(F)C(=O)O)nn1. The first-order valence-corrected chi connectivity index (χ1v) is 2.95. The van der Waals surface area contributed by atoms with Crippen molar-refractivity contribution in [3.8, 4) is 0 Å². The molecule has 0 aliphatic carbocycles. The van der Waals surface area contributed by atoms with Crippen molar-refractivity contribution in [3.05, 3.63) is 11.9 Å². The molecule has 0 aliphatic rings. The van der Waals surface area contributed by atoms with Gasteiger partial charge in [0.2, 0.25) is 0 Å². The average Bonchev–Trinajstić information content (AvgIpc) is 2.35. The number of nitrogens with zero attached hydrogens (tertiary/aromatic N) is 3. The fraction of sp³-hybridized carbons (Fsp3) is 0.400. The Balaban J connectivity index is 3.05. The Bertz CT molecular complexity index is 309. The van der Waals surface area contributed by atoms with Crippen LogP contribution in [0.15, 0.2) is 6.20 Å². The van der Waals surface area contributed by atoms with Gasteiger partial charge in [0.25, 0.3) is 0 Å². The average molecular weight is 177 g/mol. The summed E-state index contributed by atoms with van der Waals surface area (Å²) in [6.45, 7) is 1.43. The molecule has 0 spiro atoms. The van der Waals surface area contributed by atoms with Gasteiger partial charge in [0, 0.05) is 0 Å². The van der Waals surface area contributed by atoms with Gasteiger partial charge in [-0.25, -0.2) is 4.79 Å². The number of aryl methyl sites for hydroxylation is 1. The largest absolute Gasteiger partial charge is 0.475 e. The summed E-state index contributed by atoms with van der Waals surface area (Å²) in [6.07, 6.45) is 0.855. The molecule has 1 N–H and O–H groups in total. The van der Waals surface area contributed by atoms with E-state index in [0.29, 0.717) is 0 Å². The molecule has 1 aromatic rings. The maximum atomic E-state index is 12.6. The van der Waals surface area contributed by atoms with E-state index in [1.165, 1.54) is 6.92 Å². The van der Waals surface area contributed by atoms with Gasteiger partial charge in [-0.1, -0.05) is 5.21 Å². The minimum Gasteiger partial charge on any atom is -0.475 e. The van der Waals surface area contributed by atoms with Crippen LogP contribution in [0.3, 0.4) is 0 Å². The molecule has 0 amide bonds. The quantitative estimate of drug-likeness (QED) is 0.701. The Morgan fingerprint density at radius 3 is 2.67 bits per heavy atom. The Labute approximate surface area is 65.6 Å². The minimum atomic E-state index is -4.03. The van der Waals surface area contributed by atoms with Crippen molar-refractivity contribution < 1.29 is 18.7 Å². The second-order valence-electron chi connectivity index (χ2n) is 2.15. The highest BCUT2D eigenvalue weighted by atomic mass is 19.3. The molecule has 0 unspecified atom stereocenters. The number of hydrogen-bond donors (Lipinski definition) is 1. The number of alkyl halides is 2. The fourth-order valence-corrected chi connectivity index (χ4v) is 0.583. The van der Waals surface area contributed by atoms with Gasteiger partial charge < -0.3 is 5.11 Å². The van der Waals surface area contributed by atoms with Gasteiger partial charge in [-0.2, -0.15) is 13.5 Å². The van der Waals surface area contributed by atoms with Crippen LogP contribution in [0.25, 0.3) is 0 Å². The van der Waals surface area contributed by atoms with E-state index in [1.807, 2.05) is 0 Å². The molecule has 0 atom stereocenters. The zero-order chi connectivity index (χ0) is 9.35. The molecular formula is C5H5F2N3O2. The van der Waals surface area contributed by atoms with E-state index in [-0.39, 0.29) is 10.4 Å². The molecular weight excluding hydrogens is 172 g/mol. The fourth-order valence-electron chi connectivity index (χ4n) is 0.583. The van der Waals surface area contributed by atoms with Crippen molar-refractivity contribution in [1.29, 1.82) is 0 Å². The Morgan fingerprint density at radius 1 is 1.75 bits per heavy atom. The van der Waals surface area contributed by atoms with Crippen LogP contribution in [0.2, 0.25) is 0 Å². The molecule has 1 rings (SSSR count). The normalized spacial score (nSPS) is 11.6. The van der Waals surface area contributed by atoms with Crippen LogP contribution in [-0.2, 0) is 10.8 Å². The van der Waals surface area contributed by atoms with Crippen LogP contribution < -0.4 is 0 Å². The summed E-state index contributed by atoms with van der Waals surface area (Å²) in [4.78, 5) is 9.99. The first-order chi connectivity index (χ1) is 5.44. The van der Waals surface area contributed by atoms with Crippen molar-refractivity contribution in [2.45, 2.75) is 13.0 Å². The zero-order valence-corrected chi connectivity index (χ0v) is 6.03. The predicted molar refractivity (Wildman–Crippen MR) is 32.6 cm³/mol. The molecule has 0 saturated carbocycles. The minimum absolute atomic E-state index is 0.00463. The van der Waals surface area contributed by atoms with E-state index in [2.05, 4.69) is 10.3 Å². The number of aromatic nitrogens is 3. The van der Waals surface area contributed by atoms with Crippen molar-refractivity contribution in [2.24, 2.45) is 0 Å². The van der Waals surface area contributed by atoms with Gasteiger partial charge in [-0.05, 0) is 6.92 Å². The van der Waals surface area contributed by atoms with Crippen molar-refractivity contribution in [1.82, 2.24) is 15.0 Å². The third-order valence-corrected chi connectivity index (χ3v) is 1.15. The number of aliphatic carboxylic acids is 1. The number of carboxylic acid groups (broad SMARTS) is 1. The lowest BCUT2D eigenvalue weighted by atomic mass is 10.5. The first-order valence-electron chi connectivity index (χ1n) is 2.95. The lowest BCUT2D eigenvalue weighted by molar-refractivity contribution is -0.183. The number of carboxylic acids is 1. The molecule has 66 valence electrons. The van der Waals surface area contributed by atoms with E-state index in [9.17, 15) is 13.6 Å². The van der Waals surface area contributed by atoms with E-state index in [0.717, 1.165) is 6.20 Å². The number of hydrogen-bond acceptors (Lipinski definition) is 3. The van der Waals surface area contributed by atoms with Gasteiger partial charge in [-0.3, -0.25) is 0 Å². The molecule has 0 radical (unpaired) electrons. The maximum Gasteiger partial charge on any atom is 0.442 e. The van der Waals surface area contributed by atoms with Crippen molar-refractivity contribution >= 4 is 5.97 Å². The Kier molecular flexibility index (Phi) is 1.79. The zero-order valence-electron chi connectivity index (χ0n) is 6.03. The highest BCUT2D eigenvalue weighted by Crippen LogP contribution is 2.18. The molecule has 0 fully saturated rings. The van der Waals surface area contributed by atoms with Gasteiger partial charge in [0.15, 0.2) is 0 Å². The molecule has 0 aliphatic heterocycles. The molecule has 0 bridgehead atoms. The molecule has 12 heavy (non-hydrogen) atoms. The van der Waals surface area contributed by atoms with Crippen molar-refractivity contribution in [3.63, 3.8) is 0 Å². The first kappa shape index (κ1) is 8.57. The van der Waals surface area contributed by atoms with Crippen LogP contribution >= 0.6 is 0 Å². The second kappa shape index (κ2) is 2.50. The van der Waals surface area contributed by atoms with Crippen LogP contribution in [0.4, 0.5) is 8.78 Å². The molecule has 0 aromatic carbocycles. The predicted octanol–water partition coefficient (Wildman–Crippen LogP) is 0.220. The summed E-state index contributed by atoms with van der Waals surface area (Å²) < 4.78 is 25.1. The molecule has 5 nitrogen and oxygen atoms in total. The van der Waals surface area contributed by atoms with Gasteiger partial charge in [0.05, 0.1) is 11.9 Å². The highest BCUT2D eigenvalue weighted by Gasteiger charge is 2.42. The van der Waals surface area contributed by atoms with E-state index in [4.69, 9.17) is 5.11 Å². The van der Waals surface area contributed by atoms with Gasteiger partial charge in [0.1, 0.15) is 0 Å². The Morgan fingerprint density at radius 2 is 2.33 bits per heavy atom. The van der Waals surface area contributed by atoms with Gasteiger partial charge in [-0.15, -0.1) is 5.10 Å². The topological polar surface area (TPSA) is 68.0 Å². The van der Waals surface area contributed by atoms with E-state index < -0.39 is 12.0 Å². The van der Waals surface area contributed by atoms with E-state index in [1.54, 1.807) is 0 Å². The van der Waals surface area contributed by atoms with Gasteiger partial charge >= 0.3 is 12.0 Å². The van der Waals surface area contributed by atoms with Crippen LogP contribution in [-0.4, -0.2) is 26.1 Å². The monoisotopic (exact) mass is 177 g/mol. The Hall–Kier alpha value is -1.53. The number of carbonyl (C=O) groups is 1. The van der Waals surface area contributed by atoms with Crippen molar-refractivity contribution in [2.75, 3.05) is 0 Å². The number of halogens is 2. The van der Waals surface area contributed by atoms with Crippen LogP contribution in [0.1, 0.15) is 5.69 Å². The molecule has 7 heteroatoms. The molecule has 0 saturated heterocycles. The summed E-state index contributed by atoms with van der Waals surface area (Å²) in [7, 11) is 0. The van der Waals surface area contributed by atoms with E-state index >= 15 is 0 Å². The summed E-state index contributed by atoms with van der Waals surface area (Å²) in [6, 6.07) is -4.03. The standard InChI is InChI=1S/C5H5F2N3O2/c1-3-2-10(9-8-3)5(6,7)4(11)12/h2H,1H3,(H,11,12). The third kappa shape index (κ3) is 1.25. The molecule has 1 aromatic heterocycles. The van der Waals surface area contributed by atoms with Crippen LogP contribution in [0.5, 0.6) is 0 Å². The second-order valence-corrected chi connectivity index (χ2v) is 2.15.